The van der Waals surface area contributed by atoms with Crippen molar-refractivity contribution in [1.82, 2.24) is 40.3 Å². The van der Waals surface area contributed by atoms with Gasteiger partial charge < -0.3 is 15.7 Å². The molecule has 1 atom stereocenters. The Balaban J connectivity index is 1.56. The van der Waals surface area contributed by atoms with E-state index in [1.807, 2.05) is 48.5 Å². The maximum absolute atomic E-state index is 12.4. The van der Waals surface area contributed by atoms with Crippen LogP contribution >= 0.6 is 0 Å². The summed E-state index contributed by atoms with van der Waals surface area (Å²) in [6.45, 7) is 3.72. The van der Waals surface area contributed by atoms with Crippen LogP contribution in [0.4, 0.5) is 0 Å². The molecule has 0 aliphatic carbocycles. The number of rotatable bonds is 14. The number of hydrogen-bond acceptors (Lipinski definition) is 8. The number of nitrogens with zero attached hydrogens (tertiary/aromatic N) is 7. The van der Waals surface area contributed by atoms with Gasteiger partial charge >= 0.3 is 5.97 Å². The molecular weight excluding hydrogens is 526 g/mol. The minimum Gasteiger partial charge on any atom is -0.480 e. The number of carbonyl (C=O) groups excluding carboxylic acids is 2. The van der Waals surface area contributed by atoms with Gasteiger partial charge in [0.05, 0.1) is 13.1 Å². The van der Waals surface area contributed by atoms with Crippen LogP contribution in [0.15, 0.2) is 48.5 Å². The van der Waals surface area contributed by atoms with Crippen molar-refractivity contribution in [3.8, 4) is 22.5 Å². The third-order valence-electron chi connectivity index (χ3n) is 6.71. The van der Waals surface area contributed by atoms with Crippen molar-refractivity contribution in [2.24, 2.45) is 5.73 Å². The minimum atomic E-state index is -1.21. The van der Waals surface area contributed by atoms with E-state index in [0.717, 1.165) is 40.9 Å². The summed E-state index contributed by atoms with van der Waals surface area (Å²) in [5, 5.41) is 28.6. The normalized spacial score (nSPS) is 11.8. The number of nitrogens with one attached hydrogen (secondary N) is 1. The van der Waals surface area contributed by atoms with E-state index in [2.05, 4.69) is 37.6 Å². The number of hydrogen-bond donors (Lipinski definition) is 3. The van der Waals surface area contributed by atoms with Gasteiger partial charge in [-0.1, -0.05) is 61.9 Å². The van der Waals surface area contributed by atoms with Gasteiger partial charge in [0.15, 0.2) is 11.6 Å². The number of carboxylic acid groups (broad SMARTS) is 1. The lowest BCUT2D eigenvalue weighted by Crippen LogP contribution is -2.44. The van der Waals surface area contributed by atoms with Crippen LogP contribution in [0.3, 0.4) is 0 Å². The Kier molecular flexibility index (Phi) is 9.51. The van der Waals surface area contributed by atoms with E-state index >= 15 is 0 Å². The Morgan fingerprint density at radius 3 is 2.44 bits per heavy atom. The van der Waals surface area contributed by atoms with Gasteiger partial charge in [0.25, 0.3) is 0 Å². The molecule has 0 spiro atoms. The summed E-state index contributed by atoms with van der Waals surface area (Å²) >= 11 is 0. The zero-order valence-corrected chi connectivity index (χ0v) is 23.0. The summed E-state index contributed by atoms with van der Waals surface area (Å²) in [5.41, 5.74) is 9.08. The van der Waals surface area contributed by atoms with Crippen molar-refractivity contribution in [2.45, 2.75) is 65.1 Å². The van der Waals surface area contributed by atoms with Crippen LogP contribution < -0.4 is 5.73 Å². The van der Waals surface area contributed by atoms with Crippen LogP contribution in [0.2, 0.25) is 0 Å². The Bertz CT molecular complexity index is 1480. The first-order valence-corrected chi connectivity index (χ1v) is 13.4. The van der Waals surface area contributed by atoms with E-state index in [1.54, 1.807) is 4.68 Å². The van der Waals surface area contributed by atoms with Crippen molar-refractivity contribution in [3.63, 3.8) is 0 Å². The number of H-pyrrole nitrogens is 1. The Morgan fingerprint density at radius 1 is 1.10 bits per heavy atom. The van der Waals surface area contributed by atoms with E-state index in [-0.39, 0.29) is 19.4 Å². The summed E-state index contributed by atoms with van der Waals surface area (Å²) in [4.78, 5) is 41.4. The minimum absolute atomic E-state index is 0.0872. The zero-order valence-electron chi connectivity index (χ0n) is 23.0. The smallest absolute Gasteiger partial charge is 0.326 e. The maximum Gasteiger partial charge on any atom is 0.326 e. The van der Waals surface area contributed by atoms with Crippen molar-refractivity contribution >= 4 is 17.8 Å². The number of primary amides is 1. The summed E-state index contributed by atoms with van der Waals surface area (Å²) in [6.07, 6.45) is 2.31. The third-order valence-corrected chi connectivity index (χ3v) is 6.71. The number of carbonyl (C=O) groups is 3. The second-order valence-electron chi connectivity index (χ2n) is 9.70. The fourth-order valence-electron chi connectivity index (χ4n) is 4.60. The Hall–Kier alpha value is -4.94. The van der Waals surface area contributed by atoms with Crippen molar-refractivity contribution < 1.29 is 19.5 Å². The van der Waals surface area contributed by atoms with Crippen LogP contribution in [0, 0.1) is 0 Å². The number of unbranched alkanes of at least 4 members (excludes halogenated alkanes) is 1. The fourth-order valence-corrected chi connectivity index (χ4v) is 4.60. The third kappa shape index (κ3) is 7.38. The fraction of sp³-hybridized carbons (Fsp3) is 0.357. The predicted molar refractivity (Wildman–Crippen MR) is 149 cm³/mol. The standard InChI is InChI=1S/C28H33N9O4/c1-3-4-9-26-30-25(17-36(18(2)38)23(28(40)41)14-15-24(29)39)33-37(26)16-19-10-12-20(13-11-19)21-7-5-6-8-22(21)27-31-34-35-32-27/h5-8,10-13,23H,3-4,9,14-17H2,1-2H3,(H2,29,39)(H,40,41)(H,31,32,34,35)/t23-/m0/s1. The number of aromatic amines is 1. The van der Waals surface area contributed by atoms with Gasteiger partial charge in [-0.05, 0) is 40.0 Å². The van der Waals surface area contributed by atoms with Gasteiger partial charge in [-0.15, -0.1) is 5.10 Å². The molecule has 0 aliphatic heterocycles. The highest BCUT2D eigenvalue weighted by atomic mass is 16.4. The van der Waals surface area contributed by atoms with Crippen LogP contribution in [0.5, 0.6) is 0 Å². The molecule has 2 aromatic carbocycles. The molecule has 13 heteroatoms. The lowest BCUT2D eigenvalue weighted by molar-refractivity contribution is -0.150. The SMILES string of the molecule is CCCCc1nc(CN(C(C)=O)[C@@H](CCC(N)=O)C(=O)O)nn1Cc1ccc(-c2ccccc2-c2nnn[nH]2)cc1. The number of carboxylic acids is 1. The second-order valence-corrected chi connectivity index (χ2v) is 9.70. The number of amides is 2. The van der Waals surface area contributed by atoms with Crippen molar-refractivity contribution in [1.29, 1.82) is 0 Å². The number of aromatic nitrogens is 7. The number of aliphatic carboxylic acids is 1. The molecule has 0 saturated heterocycles. The Morgan fingerprint density at radius 2 is 1.83 bits per heavy atom. The van der Waals surface area contributed by atoms with E-state index in [0.29, 0.717) is 24.6 Å². The quantitative estimate of drug-likeness (QED) is 0.209. The molecule has 0 saturated carbocycles. The predicted octanol–water partition coefficient (Wildman–Crippen LogP) is 2.58. The highest BCUT2D eigenvalue weighted by Gasteiger charge is 2.29. The lowest BCUT2D eigenvalue weighted by Gasteiger charge is -2.26. The van der Waals surface area contributed by atoms with Gasteiger partial charge in [0.2, 0.25) is 11.8 Å². The monoisotopic (exact) mass is 559 g/mol. The molecule has 13 nitrogen and oxygen atoms in total. The van der Waals surface area contributed by atoms with Gasteiger partial charge in [0, 0.05) is 25.3 Å². The van der Waals surface area contributed by atoms with E-state index < -0.39 is 23.8 Å². The number of aryl methyl sites for hydroxylation is 1. The van der Waals surface area contributed by atoms with E-state index in [1.165, 1.54) is 11.8 Å². The van der Waals surface area contributed by atoms with Gasteiger partial charge in [-0.25, -0.2) is 19.6 Å². The molecule has 4 aromatic rings. The van der Waals surface area contributed by atoms with Crippen molar-refractivity contribution in [2.75, 3.05) is 0 Å². The van der Waals surface area contributed by atoms with E-state index in [9.17, 15) is 19.5 Å². The lowest BCUT2D eigenvalue weighted by atomic mass is 9.98. The molecule has 0 aliphatic rings. The van der Waals surface area contributed by atoms with Gasteiger partial charge in [-0.2, -0.15) is 5.10 Å². The average Bonchev–Trinajstić information content (AvgIpc) is 3.62. The maximum atomic E-state index is 12.4. The van der Waals surface area contributed by atoms with Crippen LogP contribution in [0.25, 0.3) is 22.5 Å². The summed E-state index contributed by atoms with van der Waals surface area (Å²) in [6, 6.07) is 14.7. The number of benzene rings is 2. The molecule has 0 radical (unpaired) electrons. The summed E-state index contributed by atoms with van der Waals surface area (Å²) in [7, 11) is 0. The van der Waals surface area contributed by atoms with Crippen LogP contribution in [-0.4, -0.2) is 69.2 Å². The second kappa shape index (κ2) is 13.4. The molecule has 2 amide bonds. The molecular formula is C28H33N9O4. The highest BCUT2D eigenvalue weighted by molar-refractivity contribution is 5.83. The van der Waals surface area contributed by atoms with E-state index in [4.69, 9.17) is 5.73 Å². The number of tetrazole rings is 1. The first-order chi connectivity index (χ1) is 19.8. The first-order valence-electron chi connectivity index (χ1n) is 13.4. The molecule has 2 heterocycles. The summed E-state index contributed by atoms with van der Waals surface area (Å²) in [5.74, 6) is -0.628. The highest BCUT2D eigenvalue weighted by Crippen LogP contribution is 2.30. The first kappa shape index (κ1) is 29.1. The van der Waals surface area contributed by atoms with Crippen LogP contribution in [0.1, 0.15) is 56.7 Å². The molecule has 214 valence electrons. The summed E-state index contributed by atoms with van der Waals surface area (Å²) < 4.78 is 1.80. The molecule has 4 N–H and O–H groups in total. The van der Waals surface area contributed by atoms with Gasteiger partial charge in [-0.3, -0.25) is 9.59 Å². The average molecular weight is 560 g/mol. The molecule has 41 heavy (non-hydrogen) atoms. The number of nitrogens with two attached hydrogens (primary N) is 1. The molecule has 4 rings (SSSR count). The molecule has 2 aromatic heterocycles. The molecule has 0 fully saturated rings. The molecule has 0 bridgehead atoms. The topological polar surface area (TPSA) is 186 Å². The molecule has 0 unspecified atom stereocenters. The zero-order chi connectivity index (χ0) is 29.4. The largest absolute Gasteiger partial charge is 0.480 e. The van der Waals surface area contributed by atoms with Gasteiger partial charge in [0.1, 0.15) is 11.9 Å². The van der Waals surface area contributed by atoms with Crippen molar-refractivity contribution in [3.05, 3.63) is 65.7 Å². The Labute approximate surface area is 236 Å². The van der Waals surface area contributed by atoms with Crippen LogP contribution in [-0.2, 0) is 33.9 Å².